The predicted molar refractivity (Wildman–Crippen MR) is 73.4 cm³/mol. The van der Waals surface area contributed by atoms with Gasteiger partial charge < -0.3 is 9.84 Å². The van der Waals surface area contributed by atoms with E-state index in [0.717, 1.165) is 13.0 Å². The van der Waals surface area contributed by atoms with Crippen LogP contribution < -0.4 is 4.74 Å². The molecule has 1 aromatic carbocycles. The average Bonchev–Trinajstić information content (AvgIpc) is 3.24. The van der Waals surface area contributed by atoms with Crippen molar-refractivity contribution in [2.45, 2.75) is 31.7 Å². The van der Waals surface area contributed by atoms with Crippen LogP contribution in [0.3, 0.4) is 0 Å². The summed E-state index contributed by atoms with van der Waals surface area (Å²) in [5, 5.41) is 8.73. The molecule has 1 saturated carbocycles. The normalized spacial score (nSPS) is 14.5. The maximum Gasteiger partial charge on any atom is 0.304 e. The average molecular weight is 281 g/mol. The Morgan fingerprint density at radius 3 is 2.60 bits per heavy atom. The van der Waals surface area contributed by atoms with E-state index in [0.29, 0.717) is 24.9 Å². The number of carboxylic acid groups (broad SMARTS) is 1. The first-order valence-corrected chi connectivity index (χ1v) is 6.99. The minimum Gasteiger partial charge on any atom is -0.494 e. The van der Waals surface area contributed by atoms with Crippen LogP contribution in [0.4, 0.5) is 4.39 Å². The molecule has 1 fully saturated rings. The van der Waals surface area contributed by atoms with Crippen LogP contribution in [0.1, 0.15) is 25.7 Å². The molecule has 0 bridgehead atoms. The molecule has 0 unspecified atom stereocenters. The summed E-state index contributed by atoms with van der Waals surface area (Å²) in [6.07, 6.45) is 3.36. The molecule has 0 spiro atoms. The fourth-order valence-corrected chi connectivity index (χ4v) is 2.14. The summed E-state index contributed by atoms with van der Waals surface area (Å²) in [5.74, 6) is -0.362. The number of hydrogen-bond acceptors (Lipinski definition) is 3. The lowest BCUT2D eigenvalue weighted by Gasteiger charge is -2.20. The number of carboxylic acids is 1. The highest BCUT2D eigenvalue weighted by molar-refractivity contribution is 5.66. The summed E-state index contributed by atoms with van der Waals surface area (Å²) in [6.45, 7) is 2.01. The lowest BCUT2D eigenvalue weighted by atomic mass is 10.3. The Bertz CT molecular complexity index is 431. The van der Waals surface area contributed by atoms with Crippen molar-refractivity contribution in [2.24, 2.45) is 0 Å². The lowest BCUT2D eigenvalue weighted by Crippen LogP contribution is -2.30. The molecule has 1 aromatic rings. The van der Waals surface area contributed by atoms with Crippen LogP contribution in [0.5, 0.6) is 5.75 Å². The van der Waals surface area contributed by atoms with Gasteiger partial charge in [0.1, 0.15) is 11.6 Å². The summed E-state index contributed by atoms with van der Waals surface area (Å²) in [5.41, 5.74) is 0. The van der Waals surface area contributed by atoms with Crippen molar-refractivity contribution in [3.8, 4) is 5.75 Å². The Kier molecular flexibility index (Phi) is 5.35. The van der Waals surface area contributed by atoms with Crippen LogP contribution in [0.15, 0.2) is 24.3 Å². The monoisotopic (exact) mass is 281 g/mol. The van der Waals surface area contributed by atoms with E-state index in [-0.39, 0.29) is 12.2 Å². The van der Waals surface area contributed by atoms with Gasteiger partial charge in [0.15, 0.2) is 0 Å². The van der Waals surface area contributed by atoms with Gasteiger partial charge in [-0.1, -0.05) is 0 Å². The molecule has 5 heteroatoms. The molecular weight excluding hydrogens is 261 g/mol. The molecule has 1 N–H and O–H groups in total. The summed E-state index contributed by atoms with van der Waals surface area (Å²) in [7, 11) is 0. The van der Waals surface area contributed by atoms with Gasteiger partial charge in [-0.05, 0) is 43.5 Å². The largest absolute Gasteiger partial charge is 0.494 e. The first-order chi connectivity index (χ1) is 9.65. The van der Waals surface area contributed by atoms with Gasteiger partial charge in [-0.2, -0.15) is 0 Å². The highest BCUT2D eigenvalue weighted by Crippen LogP contribution is 2.27. The Morgan fingerprint density at radius 1 is 1.30 bits per heavy atom. The zero-order chi connectivity index (χ0) is 14.4. The van der Waals surface area contributed by atoms with Crippen LogP contribution in [0.2, 0.25) is 0 Å². The van der Waals surface area contributed by atoms with Gasteiger partial charge in [0, 0.05) is 19.1 Å². The van der Waals surface area contributed by atoms with Crippen molar-refractivity contribution < 1.29 is 19.0 Å². The molecule has 0 saturated heterocycles. The van der Waals surface area contributed by atoms with Crippen molar-refractivity contribution in [2.75, 3.05) is 19.7 Å². The van der Waals surface area contributed by atoms with E-state index in [2.05, 4.69) is 4.90 Å². The van der Waals surface area contributed by atoms with E-state index < -0.39 is 5.97 Å². The molecule has 0 aromatic heterocycles. The van der Waals surface area contributed by atoms with Gasteiger partial charge >= 0.3 is 5.97 Å². The number of ether oxygens (including phenoxy) is 1. The number of carbonyl (C=O) groups is 1. The van der Waals surface area contributed by atoms with Crippen molar-refractivity contribution in [3.05, 3.63) is 30.1 Å². The van der Waals surface area contributed by atoms with Gasteiger partial charge in [-0.15, -0.1) is 0 Å². The molecular formula is C15H20FNO3. The fourth-order valence-electron chi connectivity index (χ4n) is 2.14. The first kappa shape index (κ1) is 14.8. The minimum absolute atomic E-state index is 0.190. The Morgan fingerprint density at radius 2 is 2.00 bits per heavy atom. The molecule has 0 heterocycles. The first-order valence-electron chi connectivity index (χ1n) is 6.99. The maximum absolute atomic E-state index is 12.7. The number of halogens is 1. The second kappa shape index (κ2) is 7.24. The van der Waals surface area contributed by atoms with Crippen molar-refractivity contribution in [1.82, 2.24) is 4.90 Å². The van der Waals surface area contributed by atoms with Gasteiger partial charge in [-0.25, -0.2) is 4.39 Å². The van der Waals surface area contributed by atoms with Gasteiger partial charge in [0.2, 0.25) is 0 Å². The SMILES string of the molecule is O=C(O)CCN(CCCOc1ccc(F)cc1)C1CC1. The van der Waals surface area contributed by atoms with Gasteiger partial charge in [0.05, 0.1) is 13.0 Å². The molecule has 4 nitrogen and oxygen atoms in total. The molecule has 0 aliphatic heterocycles. The zero-order valence-corrected chi connectivity index (χ0v) is 11.4. The second-order valence-corrected chi connectivity index (χ2v) is 5.07. The minimum atomic E-state index is -0.752. The lowest BCUT2D eigenvalue weighted by molar-refractivity contribution is -0.137. The summed E-state index contributed by atoms with van der Waals surface area (Å²) in [6, 6.07) is 6.52. The molecule has 20 heavy (non-hydrogen) atoms. The van der Waals surface area contributed by atoms with Crippen molar-refractivity contribution in [1.29, 1.82) is 0 Å². The molecule has 1 aliphatic rings. The topological polar surface area (TPSA) is 49.8 Å². The smallest absolute Gasteiger partial charge is 0.304 e. The quantitative estimate of drug-likeness (QED) is 0.707. The van der Waals surface area contributed by atoms with Crippen LogP contribution in [0, 0.1) is 5.82 Å². The third-order valence-electron chi connectivity index (χ3n) is 3.35. The third kappa shape index (κ3) is 5.17. The molecule has 110 valence electrons. The van der Waals surface area contributed by atoms with Crippen molar-refractivity contribution >= 4 is 5.97 Å². The number of nitrogens with zero attached hydrogens (tertiary/aromatic N) is 1. The number of hydrogen-bond donors (Lipinski definition) is 1. The van der Waals surface area contributed by atoms with E-state index in [1.807, 2.05) is 0 Å². The van der Waals surface area contributed by atoms with Crippen LogP contribution in [-0.4, -0.2) is 41.7 Å². The van der Waals surface area contributed by atoms with Crippen LogP contribution >= 0.6 is 0 Å². The molecule has 0 atom stereocenters. The number of benzene rings is 1. The highest BCUT2D eigenvalue weighted by atomic mass is 19.1. The molecule has 1 aliphatic carbocycles. The Hall–Kier alpha value is -1.62. The van der Waals surface area contributed by atoms with E-state index in [4.69, 9.17) is 9.84 Å². The summed E-state index contributed by atoms with van der Waals surface area (Å²) < 4.78 is 18.2. The third-order valence-corrected chi connectivity index (χ3v) is 3.35. The van der Waals surface area contributed by atoms with Crippen LogP contribution in [-0.2, 0) is 4.79 Å². The Labute approximate surface area is 118 Å². The predicted octanol–water partition coefficient (Wildman–Crippen LogP) is 2.53. The van der Waals surface area contributed by atoms with Crippen LogP contribution in [0.25, 0.3) is 0 Å². The second-order valence-electron chi connectivity index (χ2n) is 5.07. The highest BCUT2D eigenvalue weighted by Gasteiger charge is 2.28. The van der Waals surface area contributed by atoms with Gasteiger partial charge in [0.25, 0.3) is 0 Å². The fraction of sp³-hybridized carbons (Fsp3) is 0.533. The zero-order valence-electron chi connectivity index (χ0n) is 11.4. The van der Waals surface area contributed by atoms with E-state index >= 15 is 0 Å². The Balaban J connectivity index is 1.65. The molecule has 0 radical (unpaired) electrons. The summed E-state index contributed by atoms with van der Waals surface area (Å²) >= 11 is 0. The molecule has 2 rings (SSSR count). The number of rotatable bonds is 9. The number of aliphatic carboxylic acids is 1. The van der Waals surface area contributed by atoms with E-state index in [9.17, 15) is 9.18 Å². The van der Waals surface area contributed by atoms with Gasteiger partial charge in [-0.3, -0.25) is 9.69 Å². The summed E-state index contributed by atoms with van der Waals surface area (Å²) in [4.78, 5) is 12.8. The van der Waals surface area contributed by atoms with Crippen molar-refractivity contribution in [3.63, 3.8) is 0 Å². The van der Waals surface area contributed by atoms with E-state index in [1.54, 1.807) is 12.1 Å². The molecule has 0 amide bonds. The van der Waals surface area contributed by atoms with E-state index in [1.165, 1.54) is 25.0 Å². The standard InChI is InChI=1S/C15H20FNO3/c16-12-2-6-14(7-3-12)20-11-1-9-17(13-4-5-13)10-8-15(18)19/h2-3,6-7,13H,1,4-5,8-11H2,(H,18,19). The maximum atomic E-state index is 12.7.